The first-order valence-electron chi connectivity index (χ1n) is 20.4. The number of ether oxygens (including phenoxy) is 9. The van der Waals surface area contributed by atoms with Gasteiger partial charge in [-0.25, -0.2) is 0 Å². The first kappa shape index (κ1) is 52.5. The first-order valence-corrected chi connectivity index (χ1v) is 20.4. The van der Waals surface area contributed by atoms with Crippen molar-refractivity contribution in [1.82, 2.24) is 16.0 Å². The van der Waals surface area contributed by atoms with Crippen LogP contribution in [0, 0.1) is 0 Å². The van der Waals surface area contributed by atoms with Gasteiger partial charge in [-0.1, -0.05) is 0 Å². The maximum atomic E-state index is 12.9. The molecule has 16 N–H and O–H groups in total. The highest BCUT2D eigenvalue weighted by Gasteiger charge is 2.56. The third kappa shape index (κ3) is 11.6. The van der Waals surface area contributed by atoms with Gasteiger partial charge in [-0.05, 0) is 6.92 Å². The number of nitrogens with one attached hydrogen (secondary N) is 3. The summed E-state index contributed by atoms with van der Waals surface area (Å²) in [5, 5.41) is 145. The van der Waals surface area contributed by atoms with E-state index in [9.17, 15) is 80.8 Å². The molecule has 0 radical (unpaired) electrons. The highest BCUT2D eigenvalue weighted by atomic mass is 16.8. The van der Waals surface area contributed by atoms with Gasteiger partial charge in [-0.15, -0.1) is 0 Å². The van der Waals surface area contributed by atoms with E-state index in [1.165, 1.54) is 6.92 Å². The summed E-state index contributed by atoms with van der Waals surface area (Å²) < 4.78 is 52.6. The standard InChI is InChI=1S/C36H61N3O25/c1-9-20(46)25(51)27(53)35(57-9)62-29-15(7-42)61-33(19(39-12(4)45)31(29)64-34-17(37-10(2)43)24(50)21(47)13(5-40)59-34)56-8-16-23(49)30(18(32(55)58-16)38-11(3)44)63-36-28(54)26(52)22(48)14(6-41)60-36/h9,13-36,40-42,46-55H,5-8H2,1-4H3,(H,37,43)(H,38,44)(H,39,45)/t9-,13+,14+,15+,16+,17+,18+,19+,20+,21+,22-,23-,24+,25+,26-,27-,28+,29+,30+,31+,32-,33+,34-,35-,36-/m0/s1. The van der Waals surface area contributed by atoms with Crippen LogP contribution in [0.25, 0.3) is 0 Å². The molecule has 28 nitrogen and oxygen atoms in total. The second-order valence-corrected chi connectivity index (χ2v) is 16.2. The Bertz CT molecular complexity index is 1540. The molecule has 64 heavy (non-hydrogen) atoms. The summed E-state index contributed by atoms with van der Waals surface area (Å²) in [4.78, 5) is 37.3. The van der Waals surface area contributed by atoms with E-state index in [4.69, 9.17) is 42.6 Å². The van der Waals surface area contributed by atoms with Crippen LogP contribution in [0.1, 0.15) is 27.7 Å². The Kier molecular flexibility index (Phi) is 18.5. The molecular weight excluding hydrogens is 874 g/mol. The van der Waals surface area contributed by atoms with Gasteiger partial charge in [0, 0.05) is 20.8 Å². The number of amides is 3. The highest BCUT2D eigenvalue weighted by molar-refractivity contribution is 5.74. The molecule has 5 rings (SSSR count). The van der Waals surface area contributed by atoms with Crippen LogP contribution < -0.4 is 16.0 Å². The van der Waals surface area contributed by atoms with Gasteiger partial charge in [0.15, 0.2) is 31.5 Å². The van der Waals surface area contributed by atoms with Gasteiger partial charge in [0.1, 0.15) is 116 Å². The van der Waals surface area contributed by atoms with E-state index in [0.29, 0.717) is 0 Å². The molecule has 5 heterocycles. The lowest BCUT2D eigenvalue weighted by atomic mass is 9.93. The molecule has 0 aromatic carbocycles. The lowest BCUT2D eigenvalue weighted by Gasteiger charge is -2.51. The minimum Gasteiger partial charge on any atom is -0.394 e. The average molecular weight is 936 g/mol. The van der Waals surface area contributed by atoms with Crippen LogP contribution in [0.5, 0.6) is 0 Å². The molecule has 5 saturated heterocycles. The van der Waals surface area contributed by atoms with E-state index in [1.807, 2.05) is 0 Å². The molecule has 28 heteroatoms. The van der Waals surface area contributed by atoms with Crippen molar-refractivity contribution in [2.24, 2.45) is 0 Å². The second kappa shape index (κ2) is 22.6. The van der Waals surface area contributed by atoms with E-state index >= 15 is 0 Å². The van der Waals surface area contributed by atoms with E-state index in [0.717, 1.165) is 20.8 Å². The molecule has 0 saturated carbocycles. The van der Waals surface area contributed by atoms with E-state index in [1.54, 1.807) is 0 Å². The van der Waals surface area contributed by atoms with E-state index < -0.39 is 197 Å². The van der Waals surface area contributed by atoms with Gasteiger partial charge in [0.05, 0.1) is 32.5 Å². The number of hydrogen-bond donors (Lipinski definition) is 16. The fourth-order valence-corrected chi connectivity index (χ4v) is 8.08. The van der Waals surface area contributed by atoms with Gasteiger partial charge in [-0.2, -0.15) is 0 Å². The van der Waals surface area contributed by atoms with Crippen molar-refractivity contribution in [3.63, 3.8) is 0 Å². The number of carbonyl (C=O) groups is 3. The van der Waals surface area contributed by atoms with Crippen molar-refractivity contribution in [3.8, 4) is 0 Å². The summed E-state index contributed by atoms with van der Waals surface area (Å²) in [5.41, 5.74) is 0. The van der Waals surface area contributed by atoms with Crippen molar-refractivity contribution in [1.29, 1.82) is 0 Å². The molecule has 5 aliphatic heterocycles. The molecule has 0 unspecified atom stereocenters. The molecule has 370 valence electrons. The van der Waals surface area contributed by atoms with Crippen molar-refractivity contribution < 1.29 is 123 Å². The summed E-state index contributed by atoms with van der Waals surface area (Å²) in [6, 6.07) is -4.83. The lowest BCUT2D eigenvalue weighted by Crippen LogP contribution is -2.71. The van der Waals surface area contributed by atoms with Crippen LogP contribution >= 0.6 is 0 Å². The Morgan fingerprint density at radius 1 is 0.438 bits per heavy atom. The zero-order valence-corrected chi connectivity index (χ0v) is 35.0. The zero-order chi connectivity index (χ0) is 47.5. The fourth-order valence-electron chi connectivity index (χ4n) is 8.08. The quantitative estimate of drug-likeness (QED) is 0.0725. The van der Waals surface area contributed by atoms with Crippen molar-refractivity contribution >= 4 is 17.7 Å². The first-order chi connectivity index (χ1) is 30.1. The summed E-state index contributed by atoms with van der Waals surface area (Å²) >= 11 is 0. The van der Waals surface area contributed by atoms with Crippen molar-refractivity contribution in [2.75, 3.05) is 26.4 Å². The molecule has 0 aromatic heterocycles. The van der Waals surface area contributed by atoms with E-state index in [-0.39, 0.29) is 0 Å². The minimum atomic E-state index is -2.00. The normalized spacial score (nSPS) is 47.7. The predicted molar refractivity (Wildman–Crippen MR) is 200 cm³/mol. The van der Waals surface area contributed by atoms with Gasteiger partial charge in [0.25, 0.3) is 0 Å². The Labute approximate surface area is 364 Å². The molecule has 0 aromatic rings. The molecule has 5 aliphatic rings. The Balaban J connectivity index is 1.48. The van der Waals surface area contributed by atoms with Gasteiger partial charge >= 0.3 is 0 Å². The lowest BCUT2D eigenvalue weighted by molar-refractivity contribution is -0.370. The summed E-state index contributed by atoms with van der Waals surface area (Å²) in [5.74, 6) is -2.28. The number of aliphatic hydroxyl groups is 13. The van der Waals surface area contributed by atoms with Crippen LogP contribution in [-0.4, -0.2) is 264 Å². The minimum absolute atomic E-state index is 0.744. The van der Waals surface area contributed by atoms with E-state index in [2.05, 4.69) is 16.0 Å². The van der Waals surface area contributed by atoms with Crippen molar-refractivity contribution in [2.45, 2.75) is 181 Å². The molecule has 0 aliphatic carbocycles. The Morgan fingerprint density at radius 3 is 1.45 bits per heavy atom. The summed E-state index contributed by atoms with van der Waals surface area (Å²) in [6.45, 7) is 1.04. The van der Waals surface area contributed by atoms with Crippen LogP contribution in [0.4, 0.5) is 0 Å². The average Bonchev–Trinajstić information content (AvgIpc) is 3.24. The van der Waals surface area contributed by atoms with Gasteiger partial charge in [0.2, 0.25) is 17.7 Å². The van der Waals surface area contributed by atoms with Crippen LogP contribution in [0.15, 0.2) is 0 Å². The largest absolute Gasteiger partial charge is 0.394 e. The maximum Gasteiger partial charge on any atom is 0.217 e. The number of rotatable bonds is 15. The summed E-state index contributed by atoms with van der Waals surface area (Å²) in [6.07, 6.45) is -38.5. The molecule has 0 bridgehead atoms. The van der Waals surface area contributed by atoms with Gasteiger partial charge in [-0.3, -0.25) is 14.4 Å². The zero-order valence-electron chi connectivity index (χ0n) is 35.0. The smallest absolute Gasteiger partial charge is 0.217 e. The SMILES string of the molecule is CC(=O)N[C@@H]1[C@@H](O[C@@H]2O[C@H](CO)[C@H](O)[C@H](O)[C@H]2O)[C@@H](O)[C@@H](CO[C@@H]2O[C@H](CO)[C@@H](O[C@@H]3O[C@@H](C)[C@@H](O)[C@@H](O)[C@@H]3O)[C@H](O[C@@H]3O[C@H](CO)[C@@H](O)[C@H](O)[C@H]3NC(C)=O)[C@H]2NC(C)=O)O[C@@H]1O. The van der Waals surface area contributed by atoms with Crippen LogP contribution in [0.2, 0.25) is 0 Å². The van der Waals surface area contributed by atoms with Crippen LogP contribution in [-0.2, 0) is 57.0 Å². The van der Waals surface area contributed by atoms with Gasteiger partial charge < -0.3 is 125 Å². The molecule has 0 spiro atoms. The number of carbonyl (C=O) groups excluding carboxylic acids is 3. The third-order valence-electron chi connectivity index (χ3n) is 11.5. The number of aliphatic hydroxyl groups excluding tert-OH is 13. The predicted octanol–water partition coefficient (Wildman–Crippen LogP) is -10.5. The topological polar surface area (TPSA) is 433 Å². The van der Waals surface area contributed by atoms with Crippen molar-refractivity contribution in [3.05, 3.63) is 0 Å². The third-order valence-corrected chi connectivity index (χ3v) is 11.5. The van der Waals surface area contributed by atoms with Crippen LogP contribution in [0.3, 0.4) is 0 Å². The highest BCUT2D eigenvalue weighted by Crippen LogP contribution is 2.35. The monoisotopic (exact) mass is 935 g/mol. The Hall–Kier alpha value is -2.47. The maximum absolute atomic E-state index is 12.9. The molecular formula is C36H61N3O25. The summed E-state index contributed by atoms with van der Waals surface area (Å²) in [7, 11) is 0. The molecule has 25 atom stereocenters. The fraction of sp³-hybridized carbons (Fsp3) is 0.917. The second-order valence-electron chi connectivity index (χ2n) is 16.2. The molecule has 5 fully saturated rings. The number of hydrogen-bond acceptors (Lipinski definition) is 25. The Morgan fingerprint density at radius 2 is 0.891 bits per heavy atom. The molecule has 3 amide bonds.